The second-order valence-corrected chi connectivity index (χ2v) is 4.63. The van der Waals surface area contributed by atoms with Crippen molar-refractivity contribution in [3.63, 3.8) is 0 Å². The molecule has 19 heavy (non-hydrogen) atoms. The molecule has 1 atom stereocenters. The highest BCUT2D eigenvalue weighted by molar-refractivity contribution is 5.99. The average Bonchev–Trinajstić information content (AvgIpc) is 2.74. The van der Waals surface area contributed by atoms with Crippen LogP contribution in [0.3, 0.4) is 0 Å². The molecule has 2 heterocycles. The van der Waals surface area contributed by atoms with E-state index in [1.807, 2.05) is 4.90 Å². The lowest BCUT2D eigenvalue weighted by atomic mass is 10.2. The van der Waals surface area contributed by atoms with E-state index in [2.05, 4.69) is 5.32 Å². The van der Waals surface area contributed by atoms with Crippen molar-refractivity contribution in [3.8, 4) is 0 Å². The van der Waals surface area contributed by atoms with E-state index in [1.54, 1.807) is 0 Å². The monoisotopic (exact) mass is 271 g/mol. The number of hydrogen-bond donors (Lipinski definition) is 1. The molecule has 1 N–H and O–H groups in total. The Kier molecular flexibility index (Phi) is 2.94. The van der Waals surface area contributed by atoms with Gasteiger partial charge in [0.25, 0.3) is 0 Å². The molecule has 3 rings (SSSR count). The number of carbonyl (C=O) groups excluding carboxylic acids is 1. The highest BCUT2D eigenvalue weighted by atomic mass is 19.2. The largest absolute Gasteiger partial charge is 0.313 e. The Morgan fingerprint density at radius 3 is 2.74 bits per heavy atom. The van der Waals surface area contributed by atoms with E-state index >= 15 is 0 Å². The summed E-state index contributed by atoms with van der Waals surface area (Å²) in [7, 11) is 0. The molecule has 1 aromatic carbocycles. The fraction of sp³-hybridized carbons (Fsp3) is 0.417. The van der Waals surface area contributed by atoms with Crippen LogP contribution < -0.4 is 10.2 Å². The number of benzene rings is 1. The summed E-state index contributed by atoms with van der Waals surface area (Å²) in [5.41, 5.74) is -0.210. The van der Waals surface area contributed by atoms with E-state index in [9.17, 15) is 18.0 Å². The maximum atomic E-state index is 13.7. The zero-order valence-corrected chi connectivity index (χ0v) is 10.00. The maximum absolute atomic E-state index is 13.7. The van der Waals surface area contributed by atoms with Gasteiger partial charge in [-0.15, -0.1) is 0 Å². The molecule has 0 spiro atoms. The summed E-state index contributed by atoms with van der Waals surface area (Å²) in [5.74, 6) is -4.42. The molecule has 7 heteroatoms. The molecule has 0 aliphatic carbocycles. The van der Waals surface area contributed by atoms with Gasteiger partial charge in [0.2, 0.25) is 5.91 Å². The van der Waals surface area contributed by atoms with Crippen LogP contribution in [0.25, 0.3) is 0 Å². The number of halogens is 3. The average molecular weight is 271 g/mol. The number of rotatable bonds is 1. The minimum absolute atomic E-state index is 0.202. The number of piperazine rings is 1. The number of nitrogens with zero attached hydrogens (tertiary/aromatic N) is 2. The third-order valence-corrected chi connectivity index (χ3v) is 3.53. The first-order valence-electron chi connectivity index (χ1n) is 5.99. The predicted octanol–water partition coefficient (Wildman–Crippen LogP) is 0.682. The van der Waals surface area contributed by atoms with Crippen molar-refractivity contribution in [2.45, 2.75) is 6.04 Å². The summed E-state index contributed by atoms with van der Waals surface area (Å²) in [6.45, 7) is 2.10. The van der Waals surface area contributed by atoms with Crippen molar-refractivity contribution in [2.75, 3.05) is 31.2 Å². The topological polar surface area (TPSA) is 35.6 Å². The van der Waals surface area contributed by atoms with Crippen LogP contribution in [-0.4, -0.2) is 43.2 Å². The number of fused-ring (bicyclic) bond motifs is 1. The minimum atomic E-state index is -1.55. The van der Waals surface area contributed by atoms with E-state index in [4.69, 9.17) is 0 Å². The Morgan fingerprint density at radius 2 is 2.00 bits per heavy atom. The quantitative estimate of drug-likeness (QED) is 0.763. The Balaban J connectivity index is 1.95. The zero-order valence-electron chi connectivity index (χ0n) is 10.00. The summed E-state index contributed by atoms with van der Waals surface area (Å²) in [6.07, 6.45) is 0. The molecular weight excluding hydrogens is 259 g/mol. The number of carbonyl (C=O) groups is 1. The Morgan fingerprint density at radius 1 is 1.21 bits per heavy atom. The van der Waals surface area contributed by atoms with Gasteiger partial charge < -0.3 is 5.32 Å². The van der Waals surface area contributed by atoms with Gasteiger partial charge in [0.05, 0.1) is 12.4 Å². The highest BCUT2D eigenvalue weighted by Gasteiger charge is 2.41. The van der Waals surface area contributed by atoms with E-state index < -0.39 is 17.5 Å². The van der Waals surface area contributed by atoms with Gasteiger partial charge in [0.1, 0.15) is 6.04 Å². The van der Waals surface area contributed by atoms with Crippen molar-refractivity contribution in [2.24, 2.45) is 0 Å². The lowest BCUT2D eigenvalue weighted by Crippen LogP contribution is -2.50. The van der Waals surface area contributed by atoms with E-state index in [1.165, 1.54) is 0 Å². The molecule has 1 aromatic rings. The van der Waals surface area contributed by atoms with Crippen molar-refractivity contribution >= 4 is 11.6 Å². The van der Waals surface area contributed by atoms with Crippen LogP contribution >= 0.6 is 0 Å². The normalized spacial score (nSPS) is 23.8. The summed E-state index contributed by atoms with van der Waals surface area (Å²) in [6, 6.07) is 1.56. The summed E-state index contributed by atoms with van der Waals surface area (Å²) < 4.78 is 39.9. The smallest absolute Gasteiger partial charge is 0.246 e. The molecular formula is C12H12F3N3O. The third-order valence-electron chi connectivity index (χ3n) is 3.53. The molecule has 2 fully saturated rings. The molecule has 1 amide bonds. The van der Waals surface area contributed by atoms with Gasteiger partial charge in [-0.25, -0.2) is 13.2 Å². The van der Waals surface area contributed by atoms with Gasteiger partial charge in [-0.3, -0.25) is 14.6 Å². The van der Waals surface area contributed by atoms with Crippen molar-refractivity contribution < 1.29 is 18.0 Å². The standard InChI is InChI=1S/C12H12F3N3O/c13-7-1-2-8(11(15)10(7)14)18-6-17-4-3-16-5-9(17)12(18)19/h1-2,9,16H,3-6H2. The number of anilines is 1. The summed E-state index contributed by atoms with van der Waals surface area (Å²) in [4.78, 5) is 15.2. The summed E-state index contributed by atoms with van der Waals surface area (Å²) in [5, 5.41) is 3.08. The molecule has 0 saturated carbocycles. The van der Waals surface area contributed by atoms with Gasteiger partial charge >= 0.3 is 0 Å². The van der Waals surface area contributed by atoms with E-state index in [0.29, 0.717) is 13.1 Å². The van der Waals surface area contributed by atoms with Crippen molar-refractivity contribution in [1.29, 1.82) is 0 Å². The third kappa shape index (κ3) is 1.89. The zero-order chi connectivity index (χ0) is 13.6. The lowest BCUT2D eigenvalue weighted by molar-refractivity contribution is -0.120. The summed E-state index contributed by atoms with van der Waals surface area (Å²) >= 11 is 0. The molecule has 2 aliphatic rings. The number of amides is 1. The van der Waals surface area contributed by atoms with E-state index in [-0.39, 0.29) is 24.3 Å². The second-order valence-electron chi connectivity index (χ2n) is 4.63. The molecule has 2 saturated heterocycles. The van der Waals surface area contributed by atoms with Gasteiger partial charge in [0.15, 0.2) is 17.5 Å². The van der Waals surface area contributed by atoms with Gasteiger partial charge in [-0.1, -0.05) is 0 Å². The van der Waals surface area contributed by atoms with Crippen LogP contribution in [0.15, 0.2) is 12.1 Å². The first kappa shape index (κ1) is 12.4. The van der Waals surface area contributed by atoms with Crippen molar-refractivity contribution in [3.05, 3.63) is 29.6 Å². The first-order chi connectivity index (χ1) is 9.09. The number of nitrogens with one attached hydrogen (secondary N) is 1. The molecule has 0 aromatic heterocycles. The molecule has 0 radical (unpaired) electrons. The molecule has 1 unspecified atom stereocenters. The Bertz CT molecular complexity index is 537. The Labute approximate surface area is 107 Å². The van der Waals surface area contributed by atoms with Gasteiger partial charge in [0, 0.05) is 19.6 Å². The van der Waals surface area contributed by atoms with Gasteiger partial charge in [-0.05, 0) is 12.1 Å². The highest BCUT2D eigenvalue weighted by Crippen LogP contribution is 2.28. The van der Waals surface area contributed by atoms with Crippen LogP contribution in [-0.2, 0) is 4.79 Å². The van der Waals surface area contributed by atoms with Crippen LogP contribution in [0.2, 0.25) is 0 Å². The molecule has 4 nitrogen and oxygen atoms in total. The van der Waals surface area contributed by atoms with Crippen LogP contribution in [0, 0.1) is 17.5 Å². The van der Waals surface area contributed by atoms with Crippen LogP contribution in [0.1, 0.15) is 0 Å². The minimum Gasteiger partial charge on any atom is -0.313 e. The Hall–Kier alpha value is -1.60. The first-order valence-corrected chi connectivity index (χ1v) is 5.99. The van der Waals surface area contributed by atoms with Crippen LogP contribution in [0.4, 0.5) is 18.9 Å². The molecule has 2 aliphatic heterocycles. The SMILES string of the molecule is O=C1C2CNCCN2CN1c1ccc(F)c(F)c1F. The fourth-order valence-electron chi connectivity index (χ4n) is 2.51. The number of hydrogen-bond acceptors (Lipinski definition) is 3. The second kappa shape index (κ2) is 4.50. The maximum Gasteiger partial charge on any atom is 0.246 e. The van der Waals surface area contributed by atoms with Gasteiger partial charge in [-0.2, -0.15) is 0 Å². The lowest BCUT2D eigenvalue weighted by Gasteiger charge is -2.26. The van der Waals surface area contributed by atoms with Crippen molar-refractivity contribution in [1.82, 2.24) is 10.2 Å². The van der Waals surface area contributed by atoms with Crippen LogP contribution in [0.5, 0.6) is 0 Å². The molecule has 102 valence electrons. The van der Waals surface area contributed by atoms with E-state index in [0.717, 1.165) is 23.6 Å². The predicted molar refractivity (Wildman–Crippen MR) is 62.0 cm³/mol. The molecule has 0 bridgehead atoms. The fourth-order valence-corrected chi connectivity index (χ4v) is 2.51.